The van der Waals surface area contributed by atoms with Gasteiger partial charge >= 0.3 is 18.3 Å². The van der Waals surface area contributed by atoms with Crippen molar-refractivity contribution in [2.24, 2.45) is 11.3 Å². The summed E-state index contributed by atoms with van der Waals surface area (Å²) >= 11 is 0. The predicted octanol–water partition coefficient (Wildman–Crippen LogP) is 4.54. The summed E-state index contributed by atoms with van der Waals surface area (Å²) in [5.74, 6) is -3.11. The van der Waals surface area contributed by atoms with Crippen LogP contribution in [0.5, 0.6) is 0 Å². The molecule has 2 aliphatic heterocycles. The van der Waals surface area contributed by atoms with Crippen LogP contribution in [0.2, 0.25) is 0 Å². The molecule has 2 heterocycles. The molecule has 1 aliphatic carbocycles. The summed E-state index contributed by atoms with van der Waals surface area (Å²) in [6, 6.07) is 0.828. The highest BCUT2D eigenvalue weighted by molar-refractivity contribution is 6.02. The maximum absolute atomic E-state index is 13.7. The Morgan fingerprint density at radius 2 is 1.86 bits per heavy atom. The number of carbonyl (C=O) groups excluding carboxylic acids is 2. The van der Waals surface area contributed by atoms with Crippen molar-refractivity contribution in [3.05, 3.63) is 82.2 Å². The van der Waals surface area contributed by atoms with Crippen LogP contribution in [0.15, 0.2) is 65.5 Å². The molecule has 4 rings (SSSR count). The third kappa shape index (κ3) is 4.23. The number of hydrogen-bond donors (Lipinski definition) is 2. The molecule has 2 atom stereocenters. The fourth-order valence-corrected chi connectivity index (χ4v) is 4.69. The Kier molecular flexibility index (Phi) is 6.06. The van der Waals surface area contributed by atoms with Crippen LogP contribution in [0.3, 0.4) is 0 Å². The molecule has 186 valence electrons. The van der Waals surface area contributed by atoms with E-state index < -0.39 is 52.1 Å². The van der Waals surface area contributed by atoms with Crippen LogP contribution >= 0.6 is 0 Å². The molecule has 5 nitrogen and oxygen atoms in total. The van der Waals surface area contributed by atoms with Crippen molar-refractivity contribution in [1.29, 1.82) is 0 Å². The van der Waals surface area contributed by atoms with Crippen LogP contribution in [0.4, 0.5) is 26.3 Å². The van der Waals surface area contributed by atoms with Gasteiger partial charge in [0.15, 0.2) is 5.78 Å². The first-order valence-electron chi connectivity index (χ1n) is 10.7. The number of esters is 1. The topological polar surface area (TPSA) is 67.4 Å². The summed E-state index contributed by atoms with van der Waals surface area (Å²) in [6.07, 6.45) is -1.96. The Morgan fingerprint density at radius 3 is 2.51 bits per heavy atom. The molecule has 1 saturated heterocycles. The highest BCUT2D eigenvalue weighted by Crippen LogP contribution is 2.52. The normalized spacial score (nSPS) is 23.5. The maximum Gasteiger partial charge on any atom is 0.417 e. The zero-order chi connectivity index (χ0) is 25.6. The summed E-state index contributed by atoms with van der Waals surface area (Å²) in [6.45, 7) is 1.68. The lowest BCUT2D eigenvalue weighted by molar-refractivity contribution is -0.141. The third-order valence-electron chi connectivity index (χ3n) is 6.22. The number of halogens is 6. The third-order valence-corrected chi connectivity index (χ3v) is 6.22. The molecular formula is C24H20F6N2O3. The fourth-order valence-electron chi connectivity index (χ4n) is 4.69. The zero-order valence-corrected chi connectivity index (χ0v) is 18.3. The Morgan fingerprint density at radius 1 is 1.11 bits per heavy atom. The second-order valence-corrected chi connectivity index (χ2v) is 8.18. The van der Waals surface area contributed by atoms with E-state index in [1.165, 1.54) is 6.08 Å². The second-order valence-electron chi connectivity index (χ2n) is 8.18. The smallest absolute Gasteiger partial charge is 0.417 e. The van der Waals surface area contributed by atoms with Crippen LogP contribution in [0, 0.1) is 11.3 Å². The molecular weight excluding hydrogens is 478 g/mol. The van der Waals surface area contributed by atoms with Gasteiger partial charge in [0.25, 0.3) is 0 Å². The molecule has 1 spiro atoms. The highest BCUT2D eigenvalue weighted by atomic mass is 19.4. The lowest BCUT2D eigenvalue weighted by Crippen LogP contribution is -2.36. The number of ether oxygens (including phenoxy) is 1. The van der Waals surface area contributed by atoms with E-state index in [2.05, 4.69) is 10.6 Å². The molecule has 35 heavy (non-hydrogen) atoms. The molecule has 0 saturated carbocycles. The van der Waals surface area contributed by atoms with Gasteiger partial charge in [-0.1, -0.05) is 18.2 Å². The SMILES string of the molecule is CCOC(=O)C1=CC23C(=CCN1)C=CC=C2NCC3C(=O)c1cc(C(F)(F)F)ccc1C(F)(F)F. The first-order chi connectivity index (χ1) is 16.4. The average Bonchev–Trinajstić information content (AvgIpc) is 3.03. The molecule has 1 aromatic carbocycles. The average molecular weight is 498 g/mol. The van der Waals surface area contributed by atoms with Crippen LogP contribution < -0.4 is 10.6 Å². The molecule has 1 aromatic rings. The Labute approximate surface area is 196 Å². The molecule has 2 N–H and O–H groups in total. The zero-order valence-electron chi connectivity index (χ0n) is 18.3. The standard InChI is InChI=1S/C24H20F6N2O3/c1-2-35-21(34)18-11-22-13(8-9-31-18)4-3-5-19(22)32-12-17(22)20(33)15-10-14(23(25,26)27)6-7-16(15)24(28,29)30/h3-8,10-11,17,31-32H,2,9,12H2,1H3. The predicted molar refractivity (Wildman–Crippen MR) is 113 cm³/mol. The van der Waals surface area contributed by atoms with E-state index in [4.69, 9.17) is 4.74 Å². The van der Waals surface area contributed by atoms with Gasteiger partial charge in [-0.05, 0) is 42.8 Å². The molecule has 0 aromatic heterocycles. The second kappa shape index (κ2) is 8.62. The van der Waals surface area contributed by atoms with Crippen molar-refractivity contribution < 1.29 is 40.7 Å². The van der Waals surface area contributed by atoms with E-state index in [0.717, 1.165) is 0 Å². The molecule has 1 fully saturated rings. The minimum absolute atomic E-state index is 0.000821. The lowest BCUT2D eigenvalue weighted by atomic mass is 9.65. The van der Waals surface area contributed by atoms with Crippen molar-refractivity contribution in [2.75, 3.05) is 19.7 Å². The number of carbonyl (C=O) groups is 2. The Balaban J connectivity index is 1.90. The van der Waals surface area contributed by atoms with Gasteiger partial charge in [0.1, 0.15) is 5.70 Å². The summed E-state index contributed by atoms with van der Waals surface area (Å²) in [5, 5.41) is 5.87. The van der Waals surface area contributed by atoms with Gasteiger partial charge in [-0.25, -0.2) is 4.79 Å². The number of ketones is 1. The first-order valence-corrected chi connectivity index (χ1v) is 10.7. The van der Waals surface area contributed by atoms with E-state index in [0.29, 0.717) is 17.3 Å². The van der Waals surface area contributed by atoms with Gasteiger partial charge < -0.3 is 15.4 Å². The van der Waals surface area contributed by atoms with Gasteiger partial charge in [-0.2, -0.15) is 26.3 Å². The van der Waals surface area contributed by atoms with Gasteiger partial charge in [-0.15, -0.1) is 0 Å². The van der Waals surface area contributed by atoms with Crippen LogP contribution in [-0.4, -0.2) is 31.4 Å². The van der Waals surface area contributed by atoms with E-state index >= 15 is 0 Å². The number of hydrogen-bond acceptors (Lipinski definition) is 5. The monoisotopic (exact) mass is 498 g/mol. The van der Waals surface area contributed by atoms with Crippen molar-refractivity contribution in [2.45, 2.75) is 19.3 Å². The maximum atomic E-state index is 13.7. The number of rotatable bonds is 4. The van der Waals surface area contributed by atoms with E-state index in [1.54, 1.807) is 31.2 Å². The molecule has 0 radical (unpaired) electrons. The van der Waals surface area contributed by atoms with E-state index in [1.807, 2.05) is 0 Å². The highest BCUT2D eigenvalue weighted by Gasteiger charge is 2.54. The van der Waals surface area contributed by atoms with E-state index in [9.17, 15) is 35.9 Å². The van der Waals surface area contributed by atoms with E-state index in [-0.39, 0.29) is 37.5 Å². The first kappa shape index (κ1) is 24.6. The van der Waals surface area contributed by atoms with Gasteiger partial charge in [0.2, 0.25) is 0 Å². The Bertz CT molecular complexity index is 1190. The van der Waals surface area contributed by atoms with Crippen LogP contribution in [-0.2, 0) is 21.9 Å². The number of allylic oxidation sites excluding steroid dienone is 4. The summed E-state index contributed by atoms with van der Waals surface area (Å²) < 4.78 is 86.3. The molecule has 0 amide bonds. The van der Waals surface area contributed by atoms with Crippen LogP contribution in [0.25, 0.3) is 0 Å². The summed E-state index contributed by atoms with van der Waals surface area (Å²) in [5.41, 5.74) is -4.33. The Hall–Kier alpha value is -3.50. The minimum Gasteiger partial charge on any atom is -0.461 e. The summed E-state index contributed by atoms with van der Waals surface area (Å²) in [4.78, 5) is 26.2. The minimum atomic E-state index is -5.06. The van der Waals surface area contributed by atoms with Crippen molar-refractivity contribution in [3.8, 4) is 0 Å². The quantitative estimate of drug-likeness (QED) is 0.363. The number of nitrogens with one attached hydrogen (secondary N) is 2. The largest absolute Gasteiger partial charge is 0.461 e. The van der Waals surface area contributed by atoms with Gasteiger partial charge in [-0.3, -0.25) is 4.79 Å². The van der Waals surface area contributed by atoms with Gasteiger partial charge in [0.05, 0.1) is 29.1 Å². The van der Waals surface area contributed by atoms with Gasteiger partial charge in [0, 0.05) is 24.4 Å². The number of alkyl halides is 6. The molecule has 2 unspecified atom stereocenters. The molecule has 0 bridgehead atoms. The lowest BCUT2D eigenvalue weighted by Gasteiger charge is -2.35. The van der Waals surface area contributed by atoms with Crippen molar-refractivity contribution >= 4 is 11.8 Å². The molecule has 3 aliphatic rings. The van der Waals surface area contributed by atoms with Crippen LogP contribution in [0.1, 0.15) is 28.4 Å². The summed E-state index contributed by atoms with van der Waals surface area (Å²) in [7, 11) is 0. The fraction of sp³-hybridized carbons (Fsp3) is 0.333. The van der Waals surface area contributed by atoms with Crippen molar-refractivity contribution in [1.82, 2.24) is 10.6 Å². The molecule has 11 heteroatoms. The number of Topliss-reactive ketones (excluding diaryl/α,β-unsaturated/α-hetero) is 1. The number of benzene rings is 1. The van der Waals surface area contributed by atoms with Crippen molar-refractivity contribution in [3.63, 3.8) is 0 Å².